The maximum Gasteiger partial charge on any atom is 0.231 e. The number of hydrogen-bond donors (Lipinski definition) is 1. The topological polar surface area (TPSA) is 46.1 Å². The summed E-state index contributed by atoms with van der Waals surface area (Å²) in [7, 11) is 2.04. The second kappa shape index (κ2) is 10.4. The van der Waals surface area contributed by atoms with Crippen molar-refractivity contribution in [3.63, 3.8) is 0 Å². The monoisotopic (exact) mass is 431 g/mol. The van der Waals surface area contributed by atoms with Gasteiger partial charge in [0.1, 0.15) is 0 Å². The molecule has 0 unspecified atom stereocenters. The predicted octanol–water partition coefficient (Wildman–Crippen LogP) is 3.40. The van der Waals surface area contributed by atoms with E-state index in [1.54, 1.807) is 0 Å². The van der Waals surface area contributed by atoms with Gasteiger partial charge < -0.3 is 19.7 Å². The standard InChI is InChI=1S/C17H25N3O2.HI/c1-4-6-7-10-19-17(18-5-2)20(3)12-14-8-9-15-16(11-14)22-13-21-15;/h4,6,8-9,11H,5,7,10,12-13H2,1-3H3,(H,18,19);1H/b6-4+;. The van der Waals surface area contributed by atoms with Crippen LogP contribution in [0.15, 0.2) is 35.3 Å². The third-order valence-electron chi connectivity index (χ3n) is 3.35. The van der Waals surface area contributed by atoms with E-state index in [4.69, 9.17) is 9.47 Å². The fourth-order valence-corrected chi connectivity index (χ4v) is 2.27. The lowest BCUT2D eigenvalue weighted by Crippen LogP contribution is -2.38. The van der Waals surface area contributed by atoms with Gasteiger partial charge in [0.25, 0.3) is 0 Å². The van der Waals surface area contributed by atoms with E-state index in [2.05, 4.69) is 40.4 Å². The van der Waals surface area contributed by atoms with Gasteiger partial charge in [0.15, 0.2) is 17.5 Å². The van der Waals surface area contributed by atoms with E-state index in [-0.39, 0.29) is 24.0 Å². The van der Waals surface area contributed by atoms with Crippen LogP contribution in [0.3, 0.4) is 0 Å². The van der Waals surface area contributed by atoms with Crippen molar-refractivity contribution in [1.82, 2.24) is 10.2 Å². The lowest BCUT2D eigenvalue weighted by Gasteiger charge is -2.22. The molecular formula is C17H26IN3O2. The fraction of sp³-hybridized carbons (Fsp3) is 0.471. The van der Waals surface area contributed by atoms with Crippen LogP contribution in [-0.4, -0.2) is 37.8 Å². The molecule has 0 radical (unpaired) electrons. The summed E-state index contributed by atoms with van der Waals surface area (Å²) >= 11 is 0. The van der Waals surface area contributed by atoms with Crippen LogP contribution in [0.1, 0.15) is 25.8 Å². The Hall–Kier alpha value is -1.44. The Bertz CT molecular complexity index is 547. The minimum Gasteiger partial charge on any atom is -0.454 e. The second-order valence-corrected chi connectivity index (χ2v) is 5.14. The molecule has 6 heteroatoms. The molecule has 0 aliphatic carbocycles. The zero-order valence-corrected chi connectivity index (χ0v) is 16.4. The Morgan fingerprint density at radius 3 is 2.87 bits per heavy atom. The molecule has 1 aliphatic rings. The number of nitrogens with one attached hydrogen (secondary N) is 1. The Labute approximate surface area is 155 Å². The Kier molecular flexibility index (Phi) is 8.83. The highest BCUT2D eigenvalue weighted by Crippen LogP contribution is 2.32. The molecule has 0 saturated carbocycles. The molecule has 0 amide bonds. The quantitative estimate of drug-likeness (QED) is 0.247. The van der Waals surface area contributed by atoms with Crippen molar-refractivity contribution in [3.05, 3.63) is 35.9 Å². The molecule has 5 nitrogen and oxygen atoms in total. The zero-order valence-electron chi connectivity index (χ0n) is 14.0. The molecule has 1 aliphatic heterocycles. The minimum absolute atomic E-state index is 0. The van der Waals surface area contributed by atoms with Crippen LogP contribution in [0.5, 0.6) is 11.5 Å². The number of ether oxygens (including phenoxy) is 2. The van der Waals surface area contributed by atoms with Crippen molar-refractivity contribution in [2.75, 3.05) is 26.9 Å². The van der Waals surface area contributed by atoms with Gasteiger partial charge in [-0.2, -0.15) is 0 Å². The summed E-state index contributed by atoms with van der Waals surface area (Å²) in [6.45, 7) is 6.83. The first-order chi connectivity index (χ1) is 10.7. The average molecular weight is 431 g/mol. The number of fused-ring (bicyclic) bond motifs is 1. The van der Waals surface area contributed by atoms with E-state index < -0.39 is 0 Å². The molecule has 1 heterocycles. The average Bonchev–Trinajstić information content (AvgIpc) is 2.98. The molecule has 0 aromatic heterocycles. The molecule has 1 aromatic carbocycles. The van der Waals surface area contributed by atoms with E-state index in [1.165, 1.54) is 5.56 Å². The van der Waals surface area contributed by atoms with Crippen molar-refractivity contribution < 1.29 is 9.47 Å². The second-order valence-electron chi connectivity index (χ2n) is 5.14. The molecule has 23 heavy (non-hydrogen) atoms. The van der Waals surface area contributed by atoms with Crippen LogP contribution in [-0.2, 0) is 6.54 Å². The lowest BCUT2D eigenvalue weighted by atomic mass is 10.2. The molecule has 2 rings (SSSR count). The Balaban J connectivity index is 0.00000264. The van der Waals surface area contributed by atoms with Gasteiger partial charge in [-0.25, -0.2) is 0 Å². The van der Waals surface area contributed by atoms with Gasteiger partial charge in [-0.05, 0) is 38.0 Å². The van der Waals surface area contributed by atoms with Gasteiger partial charge in [-0.3, -0.25) is 4.99 Å². The summed E-state index contributed by atoms with van der Waals surface area (Å²) in [6.07, 6.45) is 5.15. The molecule has 0 fully saturated rings. The number of guanidine groups is 1. The molecule has 0 saturated heterocycles. The van der Waals surface area contributed by atoms with Gasteiger partial charge in [0.05, 0.1) is 0 Å². The molecule has 128 valence electrons. The number of benzene rings is 1. The van der Waals surface area contributed by atoms with Gasteiger partial charge in [-0.15, -0.1) is 24.0 Å². The summed E-state index contributed by atoms with van der Waals surface area (Å²) in [5.41, 5.74) is 1.17. The van der Waals surface area contributed by atoms with Gasteiger partial charge in [0, 0.05) is 26.7 Å². The Morgan fingerprint density at radius 1 is 1.35 bits per heavy atom. The van der Waals surface area contributed by atoms with Crippen molar-refractivity contribution in [2.45, 2.75) is 26.8 Å². The van der Waals surface area contributed by atoms with Crippen LogP contribution >= 0.6 is 24.0 Å². The van der Waals surface area contributed by atoms with E-state index >= 15 is 0 Å². The molecule has 0 bridgehead atoms. The highest BCUT2D eigenvalue weighted by molar-refractivity contribution is 14.0. The molecular weight excluding hydrogens is 405 g/mol. The van der Waals surface area contributed by atoms with Crippen molar-refractivity contribution in [1.29, 1.82) is 0 Å². The van der Waals surface area contributed by atoms with Gasteiger partial charge >= 0.3 is 0 Å². The van der Waals surface area contributed by atoms with E-state index in [1.807, 2.05) is 26.1 Å². The predicted molar refractivity (Wildman–Crippen MR) is 105 cm³/mol. The number of rotatable bonds is 6. The van der Waals surface area contributed by atoms with E-state index in [9.17, 15) is 0 Å². The first-order valence-corrected chi connectivity index (χ1v) is 7.73. The molecule has 0 atom stereocenters. The fourth-order valence-electron chi connectivity index (χ4n) is 2.27. The van der Waals surface area contributed by atoms with Gasteiger partial charge in [0.2, 0.25) is 6.79 Å². The van der Waals surface area contributed by atoms with Crippen LogP contribution in [0.4, 0.5) is 0 Å². The van der Waals surface area contributed by atoms with E-state index in [0.29, 0.717) is 6.79 Å². The number of nitrogens with zero attached hydrogens (tertiary/aromatic N) is 2. The maximum absolute atomic E-state index is 5.43. The van der Waals surface area contributed by atoms with Crippen molar-refractivity contribution in [3.8, 4) is 11.5 Å². The normalized spacial score (nSPS) is 13.1. The summed E-state index contributed by atoms with van der Waals surface area (Å²) in [4.78, 5) is 6.77. The Morgan fingerprint density at radius 2 is 2.13 bits per heavy atom. The van der Waals surface area contributed by atoms with E-state index in [0.717, 1.165) is 43.5 Å². The van der Waals surface area contributed by atoms with Crippen LogP contribution in [0, 0.1) is 0 Å². The van der Waals surface area contributed by atoms with Crippen molar-refractivity contribution in [2.24, 2.45) is 4.99 Å². The molecule has 1 aromatic rings. The maximum atomic E-state index is 5.43. The number of halogens is 1. The smallest absolute Gasteiger partial charge is 0.231 e. The number of hydrogen-bond acceptors (Lipinski definition) is 3. The van der Waals surface area contributed by atoms with Crippen LogP contribution in [0.2, 0.25) is 0 Å². The highest BCUT2D eigenvalue weighted by Gasteiger charge is 2.14. The third-order valence-corrected chi connectivity index (χ3v) is 3.35. The number of aliphatic imine (C=N–C) groups is 1. The summed E-state index contributed by atoms with van der Waals surface area (Å²) in [5.74, 6) is 2.56. The SMILES string of the molecule is C/C=C/CCN=C(NCC)N(C)Cc1ccc2c(c1)OCO2.I. The first kappa shape index (κ1) is 19.6. The van der Waals surface area contributed by atoms with Gasteiger partial charge in [-0.1, -0.05) is 18.2 Å². The molecule has 1 N–H and O–H groups in total. The molecule has 0 spiro atoms. The zero-order chi connectivity index (χ0) is 15.8. The minimum atomic E-state index is 0. The summed E-state index contributed by atoms with van der Waals surface area (Å²) in [5, 5.41) is 3.33. The first-order valence-electron chi connectivity index (χ1n) is 7.73. The van der Waals surface area contributed by atoms with Crippen molar-refractivity contribution >= 4 is 29.9 Å². The third kappa shape index (κ3) is 5.93. The lowest BCUT2D eigenvalue weighted by molar-refractivity contribution is 0.174. The highest BCUT2D eigenvalue weighted by atomic mass is 127. The van der Waals surface area contributed by atoms with Crippen LogP contribution in [0.25, 0.3) is 0 Å². The summed E-state index contributed by atoms with van der Waals surface area (Å²) in [6, 6.07) is 6.05. The largest absolute Gasteiger partial charge is 0.454 e. The summed E-state index contributed by atoms with van der Waals surface area (Å²) < 4.78 is 10.8. The number of allylic oxidation sites excluding steroid dienone is 1. The van der Waals surface area contributed by atoms with Crippen LogP contribution < -0.4 is 14.8 Å².